The van der Waals surface area contributed by atoms with Crippen molar-refractivity contribution in [1.82, 2.24) is 0 Å². The average Bonchev–Trinajstić information content (AvgIpc) is 3.33. The molecule has 0 heterocycles. The summed E-state index contributed by atoms with van der Waals surface area (Å²) in [6.07, 6.45) is 11.8. The highest BCUT2D eigenvalue weighted by molar-refractivity contribution is 6.99. The lowest BCUT2D eigenvalue weighted by Gasteiger charge is -2.61. The molecule has 2 aromatic carbocycles. The number of aliphatic hydroxyl groups excluding tert-OH is 1. The molecule has 0 radical (unpaired) electrons. The first kappa shape index (κ1) is 40.9. The first-order valence-corrected chi connectivity index (χ1v) is 23.4. The first-order valence-electron chi connectivity index (χ1n) is 21.4. The fourth-order valence-corrected chi connectivity index (χ4v) is 17.3. The summed E-state index contributed by atoms with van der Waals surface area (Å²) in [4.78, 5) is 0. The highest BCUT2D eigenvalue weighted by Crippen LogP contribution is 2.69. The maximum Gasteiger partial charge on any atom is 0.261 e. The van der Waals surface area contributed by atoms with Crippen LogP contribution in [0.25, 0.3) is 0 Å². The highest BCUT2D eigenvalue weighted by atomic mass is 28.4. The van der Waals surface area contributed by atoms with E-state index in [1.54, 1.807) is 5.57 Å². The number of allylic oxidation sites excluding steroid dienone is 1. The highest BCUT2D eigenvalue weighted by Gasteiger charge is 2.70. The lowest BCUT2D eigenvalue weighted by Crippen LogP contribution is -2.68. The minimum Gasteiger partial charge on any atom is -0.404 e. The molecule has 3 saturated carbocycles. The topological polar surface area (TPSA) is 69.9 Å². The third-order valence-electron chi connectivity index (χ3n) is 15.9. The van der Waals surface area contributed by atoms with E-state index in [2.05, 4.69) is 136 Å². The second-order valence-electron chi connectivity index (χ2n) is 20.6. The van der Waals surface area contributed by atoms with E-state index in [1.807, 2.05) is 0 Å². The monoisotopic (exact) mass is 743 g/mol. The number of hydrogen-bond acceptors (Lipinski definition) is 4. The van der Waals surface area contributed by atoms with Crippen LogP contribution in [0.3, 0.4) is 0 Å². The van der Waals surface area contributed by atoms with Gasteiger partial charge in [0.2, 0.25) is 0 Å². The molecule has 6 rings (SSSR count). The van der Waals surface area contributed by atoms with Gasteiger partial charge in [0.25, 0.3) is 8.32 Å². The van der Waals surface area contributed by atoms with E-state index in [0.717, 1.165) is 51.4 Å². The number of aliphatic hydroxyl groups is 3. The fraction of sp³-hybridized carbons (Fsp3) is 0.708. The van der Waals surface area contributed by atoms with E-state index in [0.29, 0.717) is 42.9 Å². The van der Waals surface area contributed by atoms with Gasteiger partial charge in [-0.2, -0.15) is 0 Å². The van der Waals surface area contributed by atoms with E-state index >= 15 is 0 Å². The van der Waals surface area contributed by atoms with Crippen LogP contribution in [0.2, 0.25) is 5.04 Å². The van der Waals surface area contributed by atoms with Crippen LogP contribution in [0.1, 0.15) is 140 Å². The number of fused-ring (bicyclic) bond motifs is 5. The molecule has 3 fully saturated rings. The van der Waals surface area contributed by atoms with Crippen molar-refractivity contribution >= 4 is 18.7 Å². The van der Waals surface area contributed by atoms with Crippen molar-refractivity contribution in [2.24, 2.45) is 46.3 Å². The molecule has 2 aromatic rings. The molecule has 9 atom stereocenters. The molecule has 4 aliphatic carbocycles. The molecule has 0 aliphatic heterocycles. The summed E-state index contributed by atoms with van der Waals surface area (Å²) in [6.45, 7) is 22.9. The minimum atomic E-state index is -2.66. The van der Waals surface area contributed by atoms with Crippen molar-refractivity contribution in [3.05, 3.63) is 72.3 Å². The van der Waals surface area contributed by atoms with Gasteiger partial charge in [0.05, 0.1) is 11.7 Å². The standard InChI is InChI=1S/C48H74O4Si/c1-33(2)23-29-47(50,30-24-34(3)4)35(5)48(51)43(49)32-42-40-22-21-36-31-37(25-27-45(36,9)41(40)26-28-46(42,48)10)52-53(44(6,7)8,38-17-13-11-14-18-38)39-19-15-12-16-20-39/h11-21,33-35,37,40-43,49-51H,22-32H2,1-10H3/t35-,37+,40-,41+,42+,43-,45+,46+,48-/m1/s1. The van der Waals surface area contributed by atoms with Crippen LogP contribution in [0, 0.1) is 46.3 Å². The van der Waals surface area contributed by atoms with E-state index in [1.165, 1.54) is 10.4 Å². The molecule has 0 saturated heterocycles. The molecular formula is C48H74O4Si. The molecule has 0 bridgehead atoms. The minimum absolute atomic E-state index is 0.0523. The predicted octanol–water partition coefficient (Wildman–Crippen LogP) is 9.84. The number of rotatable bonds is 12. The van der Waals surface area contributed by atoms with Crippen molar-refractivity contribution < 1.29 is 19.7 Å². The van der Waals surface area contributed by atoms with E-state index in [4.69, 9.17) is 4.43 Å². The van der Waals surface area contributed by atoms with Gasteiger partial charge in [0, 0.05) is 17.4 Å². The van der Waals surface area contributed by atoms with E-state index in [-0.39, 0.29) is 22.5 Å². The normalized spacial score (nSPS) is 34.0. The predicted molar refractivity (Wildman–Crippen MR) is 223 cm³/mol. The lowest BCUT2D eigenvalue weighted by molar-refractivity contribution is -0.222. The van der Waals surface area contributed by atoms with Crippen molar-refractivity contribution in [2.75, 3.05) is 0 Å². The van der Waals surface area contributed by atoms with Crippen molar-refractivity contribution in [3.63, 3.8) is 0 Å². The van der Waals surface area contributed by atoms with Gasteiger partial charge in [-0.3, -0.25) is 0 Å². The van der Waals surface area contributed by atoms with Gasteiger partial charge in [0.1, 0.15) is 5.60 Å². The average molecular weight is 743 g/mol. The van der Waals surface area contributed by atoms with Gasteiger partial charge in [-0.25, -0.2) is 0 Å². The van der Waals surface area contributed by atoms with Crippen LogP contribution < -0.4 is 10.4 Å². The quantitative estimate of drug-likeness (QED) is 0.150. The Morgan fingerprint density at radius 3 is 1.87 bits per heavy atom. The van der Waals surface area contributed by atoms with Gasteiger partial charge < -0.3 is 19.7 Å². The third-order valence-corrected chi connectivity index (χ3v) is 21.0. The number of hydrogen-bond donors (Lipinski definition) is 3. The van der Waals surface area contributed by atoms with Crippen molar-refractivity contribution in [1.29, 1.82) is 0 Å². The summed E-state index contributed by atoms with van der Waals surface area (Å²) in [7, 11) is -2.66. The van der Waals surface area contributed by atoms with Crippen LogP contribution >= 0.6 is 0 Å². The van der Waals surface area contributed by atoms with Crippen molar-refractivity contribution in [2.45, 2.75) is 168 Å². The second-order valence-corrected chi connectivity index (χ2v) is 24.9. The Morgan fingerprint density at radius 2 is 1.36 bits per heavy atom. The molecule has 5 heteroatoms. The fourth-order valence-electron chi connectivity index (χ4n) is 12.6. The van der Waals surface area contributed by atoms with Crippen LogP contribution in [0.15, 0.2) is 72.3 Å². The van der Waals surface area contributed by atoms with E-state index in [9.17, 15) is 15.3 Å². The summed E-state index contributed by atoms with van der Waals surface area (Å²) in [5.41, 5.74) is -1.09. The molecule has 4 nitrogen and oxygen atoms in total. The Bertz CT molecular complexity index is 1510. The van der Waals surface area contributed by atoms with Crippen LogP contribution in [0.5, 0.6) is 0 Å². The third kappa shape index (κ3) is 6.89. The molecule has 4 aliphatic rings. The summed E-state index contributed by atoms with van der Waals surface area (Å²) < 4.78 is 7.71. The molecular weight excluding hydrogens is 669 g/mol. The van der Waals surface area contributed by atoms with Crippen LogP contribution in [-0.2, 0) is 4.43 Å². The summed E-state index contributed by atoms with van der Waals surface area (Å²) in [5.74, 6) is 1.72. The number of benzene rings is 2. The zero-order valence-corrected chi connectivity index (χ0v) is 36.0. The SMILES string of the molecule is CC(C)CCC(O)(CCC(C)C)[C@@H](C)[C@@]1(O)[C@H](O)C[C@H]2[C@@H]3CC=C4C[C@@H](O[Si](c5ccccc5)(c5ccccc5)C(C)(C)C)CC[C@]4(C)[C@H]3CC[C@@]21C. The van der Waals surface area contributed by atoms with Gasteiger partial charge in [-0.05, 0) is 121 Å². The molecule has 294 valence electrons. The Labute approximate surface area is 324 Å². The van der Waals surface area contributed by atoms with Gasteiger partial charge >= 0.3 is 0 Å². The first-order chi connectivity index (χ1) is 24.8. The largest absolute Gasteiger partial charge is 0.404 e. The molecule has 3 N–H and O–H groups in total. The molecule has 53 heavy (non-hydrogen) atoms. The zero-order chi connectivity index (χ0) is 38.6. The Morgan fingerprint density at radius 1 is 0.811 bits per heavy atom. The zero-order valence-electron chi connectivity index (χ0n) is 35.0. The maximum atomic E-state index is 13.0. The maximum absolute atomic E-state index is 13.0. The summed E-state index contributed by atoms with van der Waals surface area (Å²) >= 11 is 0. The molecule has 0 amide bonds. The lowest BCUT2D eigenvalue weighted by atomic mass is 9.46. The smallest absolute Gasteiger partial charge is 0.261 e. The van der Waals surface area contributed by atoms with Gasteiger partial charge in [-0.1, -0.05) is 142 Å². The molecule has 0 unspecified atom stereocenters. The Kier molecular flexibility index (Phi) is 11.5. The summed E-state index contributed by atoms with van der Waals surface area (Å²) in [5, 5.41) is 40.1. The van der Waals surface area contributed by atoms with Crippen LogP contribution in [0.4, 0.5) is 0 Å². The second kappa shape index (κ2) is 15.0. The van der Waals surface area contributed by atoms with Gasteiger partial charge in [0.15, 0.2) is 0 Å². The van der Waals surface area contributed by atoms with E-state index < -0.39 is 37.0 Å². The van der Waals surface area contributed by atoms with Crippen LogP contribution in [-0.4, -0.2) is 47.0 Å². The summed E-state index contributed by atoms with van der Waals surface area (Å²) in [6, 6.07) is 22.1. The molecule has 0 aromatic heterocycles. The van der Waals surface area contributed by atoms with Crippen molar-refractivity contribution in [3.8, 4) is 0 Å². The molecule has 0 spiro atoms. The van der Waals surface area contributed by atoms with Gasteiger partial charge in [-0.15, -0.1) is 0 Å². The Hall–Kier alpha value is -1.76. The Balaban J connectivity index is 1.28.